The van der Waals surface area contributed by atoms with Gasteiger partial charge in [-0.25, -0.2) is 0 Å². The fourth-order valence-corrected chi connectivity index (χ4v) is 3.69. The third-order valence-electron chi connectivity index (χ3n) is 5.02. The number of hydrogen-bond acceptors (Lipinski definition) is 3. The van der Waals surface area contributed by atoms with Crippen LogP contribution in [0.3, 0.4) is 0 Å². The number of pyridine rings is 1. The highest BCUT2D eigenvalue weighted by atomic mass is 16.3. The molecular formula is C20H23N3O. The molecule has 1 aromatic carbocycles. The van der Waals surface area contributed by atoms with Crippen LogP contribution in [0.4, 0.5) is 0 Å². The fraction of sp³-hybridized carbons (Fsp3) is 0.350. The van der Waals surface area contributed by atoms with E-state index in [0.29, 0.717) is 5.69 Å². The maximum atomic E-state index is 9.87. The van der Waals surface area contributed by atoms with Gasteiger partial charge >= 0.3 is 0 Å². The van der Waals surface area contributed by atoms with E-state index < -0.39 is 0 Å². The van der Waals surface area contributed by atoms with Crippen molar-refractivity contribution in [3.05, 3.63) is 58.5 Å². The summed E-state index contributed by atoms with van der Waals surface area (Å²) in [6.45, 7) is 6.88. The van der Waals surface area contributed by atoms with Gasteiger partial charge in [0.1, 0.15) is 5.75 Å². The van der Waals surface area contributed by atoms with Gasteiger partial charge in [0.05, 0.1) is 5.69 Å². The van der Waals surface area contributed by atoms with E-state index in [0.717, 1.165) is 38.0 Å². The number of aryl methyl sites for hydroxylation is 4. The zero-order chi connectivity index (χ0) is 16.7. The Morgan fingerprint density at radius 2 is 2.12 bits per heavy atom. The second-order valence-corrected chi connectivity index (χ2v) is 6.72. The molecule has 1 aliphatic rings. The lowest BCUT2D eigenvalue weighted by molar-refractivity contribution is 0.466. The minimum absolute atomic E-state index is 0.284. The molecule has 3 heterocycles. The molecule has 3 aromatic rings. The highest BCUT2D eigenvalue weighted by Gasteiger charge is 2.19. The van der Waals surface area contributed by atoms with E-state index in [1.54, 1.807) is 0 Å². The van der Waals surface area contributed by atoms with Crippen LogP contribution >= 0.6 is 0 Å². The Morgan fingerprint density at radius 1 is 1.25 bits per heavy atom. The molecular weight excluding hydrogens is 298 g/mol. The van der Waals surface area contributed by atoms with Crippen molar-refractivity contribution in [1.82, 2.24) is 14.9 Å². The molecule has 24 heavy (non-hydrogen) atoms. The second kappa shape index (κ2) is 5.95. The molecule has 124 valence electrons. The lowest BCUT2D eigenvalue weighted by atomic mass is 10.0. The number of fused-ring (bicyclic) bond motifs is 3. The monoisotopic (exact) mass is 321 g/mol. The maximum absolute atomic E-state index is 9.87. The largest absolute Gasteiger partial charge is 0.506 e. The Balaban J connectivity index is 1.72. The number of rotatable bonds is 3. The van der Waals surface area contributed by atoms with Gasteiger partial charge in [-0.1, -0.05) is 11.6 Å². The van der Waals surface area contributed by atoms with Crippen LogP contribution in [0.15, 0.2) is 30.5 Å². The smallest absolute Gasteiger partial charge is 0.137 e. The van der Waals surface area contributed by atoms with Crippen molar-refractivity contribution in [3.63, 3.8) is 0 Å². The summed E-state index contributed by atoms with van der Waals surface area (Å²) in [7, 11) is 0. The van der Waals surface area contributed by atoms with Crippen molar-refractivity contribution in [2.45, 2.75) is 39.8 Å². The normalized spacial score (nSPS) is 14.1. The number of hydrogen-bond donors (Lipinski definition) is 2. The molecule has 0 unspecified atom stereocenters. The van der Waals surface area contributed by atoms with Crippen molar-refractivity contribution in [1.29, 1.82) is 0 Å². The van der Waals surface area contributed by atoms with Crippen LogP contribution in [0.2, 0.25) is 0 Å². The summed E-state index contributed by atoms with van der Waals surface area (Å²) in [6, 6.07) is 8.58. The van der Waals surface area contributed by atoms with Crippen LogP contribution in [0.1, 0.15) is 28.1 Å². The first-order valence-corrected chi connectivity index (χ1v) is 8.59. The third kappa shape index (κ3) is 2.57. The van der Waals surface area contributed by atoms with Gasteiger partial charge in [-0.3, -0.25) is 4.98 Å². The van der Waals surface area contributed by atoms with E-state index in [1.165, 1.54) is 27.7 Å². The first-order valence-electron chi connectivity index (χ1n) is 8.59. The van der Waals surface area contributed by atoms with Gasteiger partial charge in [-0.15, -0.1) is 0 Å². The Kier molecular flexibility index (Phi) is 3.77. The molecule has 4 heteroatoms. The van der Waals surface area contributed by atoms with Crippen LogP contribution in [0.25, 0.3) is 10.9 Å². The van der Waals surface area contributed by atoms with Crippen molar-refractivity contribution in [3.8, 4) is 5.75 Å². The van der Waals surface area contributed by atoms with Crippen LogP contribution in [0, 0.1) is 13.8 Å². The maximum Gasteiger partial charge on any atom is 0.137 e. The first-order chi connectivity index (χ1) is 11.6. The molecule has 2 N–H and O–H groups in total. The summed E-state index contributed by atoms with van der Waals surface area (Å²) >= 11 is 0. The zero-order valence-corrected chi connectivity index (χ0v) is 14.3. The van der Waals surface area contributed by atoms with E-state index in [9.17, 15) is 5.11 Å². The molecule has 0 aliphatic carbocycles. The van der Waals surface area contributed by atoms with Gasteiger partial charge in [-0.05, 0) is 49.6 Å². The molecule has 0 spiro atoms. The van der Waals surface area contributed by atoms with Crippen LogP contribution < -0.4 is 5.32 Å². The zero-order valence-electron chi connectivity index (χ0n) is 14.3. The highest BCUT2D eigenvalue weighted by molar-refractivity contribution is 5.86. The van der Waals surface area contributed by atoms with E-state index in [4.69, 9.17) is 0 Å². The Morgan fingerprint density at radius 3 is 2.96 bits per heavy atom. The molecule has 2 aromatic heterocycles. The summed E-state index contributed by atoms with van der Waals surface area (Å²) in [4.78, 5) is 4.27. The standard InChI is InChI=1S/C20H23N3O/c1-13-3-4-18-16(9-13)17-12-21-7-5-19(17)23(18)8-6-15-10-20(24)14(2)22-11-15/h3-4,9-11,21,24H,5-8,12H2,1-2H3. The van der Waals surface area contributed by atoms with E-state index in [-0.39, 0.29) is 5.75 Å². The summed E-state index contributed by atoms with van der Waals surface area (Å²) < 4.78 is 2.46. The SMILES string of the molecule is Cc1ccc2c(c1)c1c(n2CCc2cnc(C)c(O)c2)CCNC1. The number of nitrogens with one attached hydrogen (secondary N) is 1. The van der Waals surface area contributed by atoms with Gasteiger partial charge in [0, 0.05) is 48.8 Å². The van der Waals surface area contributed by atoms with Crippen LogP contribution in [0.5, 0.6) is 5.75 Å². The Labute approximate surface area is 142 Å². The summed E-state index contributed by atoms with van der Waals surface area (Å²) in [6.07, 6.45) is 3.82. The van der Waals surface area contributed by atoms with Crippen molar-refractivity contribution < 1.29 is 5.11 Å². The minimum atomic E-state index is 0.284. The third-order valence-corrected chi connectivity index (χ3v) is 5.02. The molecule has 4 nitrogen and oxygen atoms in total. The van der Waals surface area contributed by atoms with Gasteiger partial charge in [0.25, 0.3) is 0 Å². The average Bonchev–Trinajstić information content (AvgIpc) is 2.89. The topological polar surface area (TPSA) is 50.1 Å². The number of aromatic hydroxyl groups is 1. The van der Waals surface area contributed by atoms with E-state index >= 15 is 0 Å². The average molecular weight is 321 g/mol. The Bertz CT molecular complexity index is 911. The van der Waals surface area contributed by atoms with Gasteiger partial charge in [0.15, 0.2) is 0 Å². The van der Waals surface area contributed by atoms with Gasteiger partial charge in [0.2, 0.25) is 0 Å². The molecule has 0 amide bonds. The van der Waals surface area contributed by atoms with Crippen molar-refractivity contribution in [2.75, 3.05) is 6.54 Å². The summed E-state index contributed by atoms with van der Waals surface area (Å²) in [5.41, 5.74) is 7.29. The second-order valence-electron chi connectivity index (χ2n) is 6.72. The Hall–Kier alpha value is -2.33. The number of nitrogens with zero attached hydrogens (tertiary/aromatic N) is 2. The first kappa shape index (κ1) is 15.2. The molecule has 0 radical (unpaired) electrons. The summed E-state index contributed by atoms with van der Waals surface area (Å²) in [5.74, 6) is 0.284. The predicted octanol–water partition coefficient (Wildman–Crippen LogP) is 3.25. The van der Waals surface area contributed by atoms with Gasteiger partial charge in [-0.2, -0.15) is 0 Å². The van der Waals surface area contributed by atoms with Crippen molar-refractivity contribution >= 4 is 10.9 Å². The minimum Gasteiger partial charge on any atom is -0.506 e. The number of benzene rings is 1. The molecule has 0 fully saturated rings. The molecule has 0 atom stereocenters. The molecule has 0 saturated carbocycles. The summed E-state index contributed by atoms with van der Waals surface area (Å²) in [5, 5.41) is 14.7. The lowest BCUT2D eigenvalue weighted by Gasteiger charge is -2.17. The molecule has 0 bridgehead atoms. The fourth-order valence-electron chi connectivity index (χ4n) is 3.69. The lowest BCUT2D eigenvalue weighted by Crippen LogP contribution is -2.24. The molecule has 0 saturated heterocycles. The van der Waals surface area contributed by atoms with E-state index in [1.807, 2.05) is 19.2 Å². The molecule has 1 aliphatic heterocycles. The van der Waals surface area contributed by atoms with Gasteiger partial charge < -0.3 is 15.0 Å². The quantitative estimate of drug-likeness (QED) is 0.778. The predicted molar refractivity (Wildman–Crippen MR) is 96.4 cm³/mol. The molecule has 4 rings (SSSR count). The highest BCUT2D eigenvalue weighted by Crippen LogP contribution is 2.30. The van der Waals surface area contributed by atoms with Crippen LogP contribution in [-0.2, 0) is 25.9 Å². The number of aromatic nitrogens is 2. The van der Waals surface area contributed by atoms with E-state index in [2.05, 4.69) is 40.0 Å². The van der Waals surface area contributed by atoms with Crippen molar-refractivity contribution in [2.24, 2.45) is 0 Å². The van der Waals surface area contributed by atoms with Crippen LogP contribution in [-0.4, -0.2) is 21.2 Å².